The second kappa shape index (κ2) is 9.22. The standard InChI is InChI=1S/C19H15ClFN5O5/c1-2-25(19(27)28)15-8-17(31-13-5-3-12(21)4-6-13)14(7-16(15)26(29)30)24-18-22-9-11(20)10-23-18/h3-10H,2H2,1H3,(H,27,28)(H,22,23,24). The lowest BCUT2D eigenvalue weighted by atomic mass is 10.2. The molecule has 3 aromatic rings. The van der Waals surface area contributed by atoms with Crippen LogP contribution >= 0.6 is 11.6 Å². The minimum Gasteiger partial charge on any atom is -0.465 e. The largest absolute Gasteiger partial charge is 0.465 e. The molecule has 1 aromatic heterocycles. The minimum atomic E-state index is -1.37. The first-order valence-electron chi connectivity index (χ1n) is 8.79. The monoisotopic (exact) mass is 447 g/mol. The Labute approximate surface area is 180 Å². The molecule has 2 N–H and O–H groups in total. The summed E-state index contributed by atoms with van der Waals surface area (Å²) in [4.78, 5) is 31.3. The molecule has 0 unspecified atom stereocenters. The number of halogens is 2. The first-order chi connectivity index (χ1) is 14.8. The maximum atomic E-state index is 13.2. The molecule has 0 atom stereocenters. The molecule has 0 radical (unpaired) electrons. The van der Waals surface area contributed by atoms with Gasteiger partial charge in [-0.25, -0.2) is 19.2 Å². The highest BCUT2D eigenvalue weighted by molar-refractivity contribution is 6.30. The van der Waals surface area contributed by atoms with Crippen LogP contribution in [-0.4, -0.2) is 32.6 Å². The summed E-state index contributed by atoms with van der Waals surface area (Å²) in [7, 11) is 0. The van der Waals surface area contributed by atoms with Gasteiger partial charge in [-0.3, -0.25) is 15.0 Å². The first kappa shape index (κ1) is 21.7. The van der Waals surface area contributed by atoms with E-state index in [4.69, 9.17) is 16.3 Å². The number of ether oxygens (including phenoxy) is 1. The number of hydrogen-bond donors (Lipinski definition) is 2. The van der Waals surface area contributed by atoms with Gasteiger partial charge in [-0.1, -0.05) is 11.6 Å². The lowest BCUT2D eigenvalue weighted by Gasteiger charge is -2.20. The number of nitro groups is 1. The molecule has 0 spiro atoms. The number of rotatable bonds is 7. The fourth-order valence-corrected chi connectivity index (χ4v) is 2.74. The normalized spacial score (nSPS) is 10.4. The Morgan fingerprint density at radius 1 is 1.29 bits per heavy atom. The van der Waals surface area contributed by atoms with Gasteiger partial charge < -0.3 is 15.2 Å². The zero-order valence-corrected chi connectivity index (χ0v) is 16.7. The highest BCUT2D eigenvalue weighted by atomic mass is 35.5. The van der Waals surface area contributed by atoms with Crippen LogP contribution in [0.1, 0.15) is 6.92 Å². The van der Waals surface area contributed by atoms with E-state index in [-0.39, 0.29) is 40.4 Å². The van der Waals surface area contributed by atoms with Gasteiger partial charge in [0.25, 0.3) is 5.69 Å². The van der Waals surface area contributed by atoms with Crippen molar-refractivity contribution in [3.8, 4) is 11.5 Å². The van der Waals surface area contributed by atoms with Crippen LogP contribution in [0.4, 0.5) is 32.2 Å². The molecule has 160 valence electrons. The molecule has 0 bridgehead atoms. The second-order valence-electron chi connectivity index (χ2n) is 6.03. The predicted octanol–water partition coefficient (Wildman–Crippen LogP) is 5.22. The molecule has 10 nitrogen and oxygen atoms in total. The van der Waals surface area contributed by atoms with E-state index in [1.165, 1.54) is 49.6 Å². The fourth-order valence-electron chi connectivity index (χ4n) is 2.64. The van der Waals surface area contributed by atoms with Crippen LogP contribution in [0, 0.1) is 15.9 Å². The maximum Gasteiger partial charge on any atom is 0.412 e. The van der Waals surface area contributed by atoms with Crippen molar-refractivity contribution in [3.63, 3.8) is 0 Å². The number of nitro benzene ring substituents is 1. The number of nitrogens with zero attached hydrogens (tertiary/aromatic N) is 4. The Morgan fingerprint density at radius 3 is 2.48 bits per heavy atom. The van der Waals surface area contributed by atoms with E-state index in [0.29, 0.717) is 0 Å². The van der Waals surface area contributed by atoms with Crippen molar-refractivity contribution in [1.29, 1.82) is 0 Å². The number of carboxylic acid groups (broad SMARTS) is 1. The minimum absolute atomic E-state index is 0.0328. The molecule has 3 rings (SSSR count). The van der Waals surface area contributed by atoms with E-state index in [1.807, 2.05) is 0 Å². The number of nitrogens with one attached hydrogen (secondary N) is 1. The van der Waals surface area contributed by atoms with Crippen LogP contribution in [-0.2, 0) is 0 Å². The van der Waals surface area contributed by atoms with Gasteiger partial charge in [-0.15, -0.1) is 0 Å². The first-order valence-corrected chi connectivity index (χ1v) is 9.17. The van der Waals surface area contributed by atoms with Crippen LogP contribution in [0.2, 0.25) is 5.02 Å². The summed E-state index contributed by atoms with van der Waals surface area (Å²) in [6.07, 6.45) is 1.27. The zero-order chi connectivity index (χ0) is 22.5. The summed E-state index contributed by atoms with van der Waals surface area (Å²) >= 11 is 5.78. The zero-order valence-electron chi connectivity index (χ0n) is 16.0. The number of aromatic nitrogens is 2. The molecule has 0 aliphatic carbocycles. The van der Waals surface area contributed by atoms with E-state index < -0.39 is 22.5 Å². The van der Waals surface area contributed by atoms with E-state index in [0.717, 1.165) is 11.0 Å². The SMILES string of the molecule is CCN(C(=O)O)c1cc(Oc2ccc(F)cc2)c(Nc2ncc(Cl)cn2)cc1[N+](=O)[O-]. The third kappa shape index (κ3) is 5.14. The number of amides is 1. The summed E-state index contributed by atoms with van der Waals surface area (Å²) in [5, 5.41) is 24.2. The Bertz CT molecular complexity index is 1110. The molecule has 31 heavy (non-hydrogen) atoms. The van der Waals surface area contributed by atoms with Crippen molar-refractivity contribution in [3.05, 3.63) is 69.7 Å². The Balaban J connectivity index is 2.14. The van der Waals surface area contributed by atoms with Crippen LogP contribution in [0.15, 0.2) is 48.8 Å². The molecule has 2 aromatic carbocycles. The summed E-state index contributed by atoms with van der Waals surface area (Å²) in [5.41, 5.74) is -0.588. The van der Waals surface area contributed by atoms with E-state index in [9.17, 15) is 24.4 Å². The molecule has 12 heteroatoms. The van der Waals surface area contributed by atoms with Crippen molar-refractivity contribution in [2.75, 3.05) is 16.8 Å². The van der Waals surface area contributed by atoms with Gasteiger partial charge in [0.15, 0.2) is 5.75 Å². The van der Waals surface area contributed by atoms with Crippen molar-refractivity contribution < 1.29 is 24.0 Å². The molecule has 0 saturated heterocycles. The summed E-state index contributed by atoms with van der Waals surface area (Å²) in [6.45, 7) is 1.49. The van der Waals surface area contributed by atoms with Crippen LogP contribution in [0.5, 0.6) is 11.5 Å². The molecular formula is C19H15ClFN5O5. The topological polar surface area (TPSA) is 131 Å². The van der Waals surface area contributed by atoms with E-state index >= 15 is 0 Å². The van der Waals surface area contributed by atoms with E-state index in [2.05, 4.69) is 15.3 Å². The Kier molecular flexibility index (Phi) is 6.46. The number of benzene rings is 2. The lowest BCUT2D eigenvalue weighted by Crippen LogP contribution is -2.29. The van der Waals surface area contributed by atoms with Crippen LogP contribution in [0.25, 0.3) is 0 Å². The summed E-state index contributed by atoms with van der Waals surface area (Å²) in [5.74, 6) is -0.154. The number of anilines is 3. The van der Waals surface area contributed by atoms with Gasteiger partial charge in [0.05, 0.1) is 28.0 Å². The molecule has 1 amide bonds. The fraction of sp³-hybridized carbons (Fsp3) is 0.105. The van der Waals surface area contributed by atoms with Gasteiger partial charge >= 0.3 is 6.09 Å². The predicted molar refractivity (Wildman–Crippen MR) is 111 cm³/mol. The third-order valence-corrected chi connectivity index (χ3v) is 4.21. The molecular weight excluding hydrogens is 433 g/mol. The molecule has 0 saturated carbocycles. The highest BCUT2D eigenvalue weighted by Gasteiger charge is 2.27. The van der Waals surface area contributed by atoms with Crippen molar-refractivity contribution >= 4 is 40.7 Å². The smallest absolute Gasteiger partial charge is 0.412 e. The molecule has 0 aliphatic rings. The average Bonchev–Trinajstić information content (AvgIpc) is 2.73. The Morgan fingerprint density at radius 2 is 1.94 bits per heavy atom. The summed E-state index contributed by atoms with van der Waals surface area (Å²) < 4.78 is 19.0. The number of carbonyl (C=O) groups is 1. The molecule has 0 fully saturated rings. The third-order valence-electron chi connectivity index (χ3n) is 4.02. The van der Waals surface area contributed by atoms with Crippen LogP contribution in [0.3, 0.4) is 0 Å². The van der Waals surface area contributed by atoms with Gasteiger partial charge in [-0.2, -0.15) is 0 Å². The molecule has 0 aliphatic heterocycles. The lowest BCUT2D eigenvalue weighted by molar-refractivity contribution is -0.384. The second-order valence-corrected chi connectivity index (χ2v) is 6.46. The quantitative estimate of drug-likeness (QED) is 0.372. The van der Waals surface area contributed by atoms with Crippen molar-refractivity contribution in [2.24, 2.45) is 0 Å². The Hall–Kier alpha value is -3.99. The van der Waals surface area contributed by atoms with Crippen molar-refractivity contribution in [1.82, 2.24) is 9.97 Å². The van der Waals surface area contributed by atoms with Gasteiger partial charge in [0.1, 0.15) is 17.3 Å². The van der Waals surface area contributed by atoms with Crippen LogP contribution < -0.4 is 15.0 Å². The van der Waals surface area contributed by atoms with Gasteiger partial charge in [-0.05, 0) is 31.2 Å². The molecule has 1 heterocycles. The van der Waals surface area contributed by atoms with Gasteiger partial charge in [0, 0.05) is 18.7 Å². The van der Waals surface area contributed by atoms with E-state index in [1.54, 1.807) is 0 Å². The number of hydrogen-bond acceptors (Lipinski definition) is 7. The van der Waals surface area contributed by atoms with Gasteiger partial charge in [0.2, 0.25) is 5.95 Å². The summed E-state index contributed by atoms with van der Waals surface area (Å²) in [6, 6.07) is 7.37. The highest BCUT2D eigenvalue weighted by Crippen LogP contribution is 2.41. The van der Waals surface area contributed by atoms with Crippen molar-refractivity contribution in [2.45, 2.75) is 6.92 Å². The average molecular weight is 448 g/mol. The maximum absolute atomic E-state index is 13.2.